The van der Waals surface area contributed by atoms with Crippen molar-refractivity contribution in [3.8, 4) is 23.3 Å². The predicted octanol–water partition coefficient (Wildman–Crippen LogP) is 4.97. The van der Waals surface area contributed by atoms with Crippen molar-refractivity contribution in [3.05, 3.63) is 76.6 Å². The number of benzene rings is 3. The molecule has 0 saturated carbocycles. The van der Waals surface area contributed by atoms with Crippen LogP contribution in [0.15, 0.2) is 59.7 Å². The number of hydrogen-bond acceptors (Lipinski definition) is 16. The Kier molecular flexibility index (Phi) is 18.4. The molecule has 1 aromatic heterocycles. The molecule has 1 spiro atoms. The number of nitriles is 1. The Morgan fingerprint density at radius 1 is 1.13 bits per heavy atom. The number of aromatic nitrogens is 2. The van der Waals surface area contributed by atoms with Gasteiger partial charge < -0.3 is 43.0 Å². The van der Waals surface area contributed by atoms with Gasteiger partial charge in [0.05, 0.1) is 40.8 Å². The normalized spacial score (nSPS) is 17.4. The maximum Gasteiger partial charge on any atom is 0.401 e. The van der Waals surface area contributed by atoms with Gasteiger partial charge in [-0.2, -0.15) is 22.1 Å². The fourth-order valence-electron chi connectivity index (χ4n) is 8.04. The minimum atomic E-state index is -3.06. The standard InChI is InChI=1S/C26H38FN5O6S2.C19H18FN5O2S/c1-28-24(34)4-8-32(19-33)20-2-3-22(23(16-20)38-40(27)36)30-13-11-29(12-14-30)18-25(35)31-9-6-26(7-10-31)17-21(39)5-15-37-26;1-4-25(3)28-23-17-8-6-15(20)18(14(17)10-21)27-12-5-7-16-13(9-12)19(26)24(2)11-22-16/h2-3,16,19,21,39H,4-15,17-18H2,1H3,(H,28,34);5-9,11,23H,4H2,1-3H3. The lowest BCUT2D eigenvalue weighted by molar-refractivity contribution is -0.143. The molecule has 0 radical (unpaired) electrons. The number of nitrogens with zero attached hydrogens (tertiary/aromatic N) is 8. The van der Waals surface area contributed by atoms with Crippen molar-refractivity contribution in [2.45, 2.75) is 49.9 Å². The zero-order valence-electron chi connectivity index (χ0n) is 38.3. The number of halogens is 2. The Labute approximate surface area is 406 Å². The smallest absolute Gasteiger partial charge is 0.401 e. The number of fused-ring (bicyclic) bond motifs is 1. The molecule has 3 saturated heterocycles. The maximum atomic E-state index is 14.4. The summed E-state index contributed by atoms with van der Waals surface area (Å²) in [6.45, 7) is 7.65. The van der Waals surface area contributed by atoms with Crippen molar-refractivity contribution < 1.29 is 40.5 Å². The molecule has 3 aliphatic rings. The van der Waals surface area contributed by atoms with Crippen LogP contribution in [0.3, 0.4) is 0 Å². The topological polar surface area (TPSA) is 195 Å². The molecule has 3 aliphatic heterocycles. The summed E-state index contributed by atoms with van der Waals surface area (Å²) < 4.78 is 62.1. The number of piperazine rings is 1. The molecule has 23 heteroatoms. The first-order chi connectivity index (χ1) is 32.7. The second kappa shape index (κ2) is 24.2. The molecule has 3 aromatic carbocycles. The third kappa shape index (κ3) is 13.4. The van der Waals surface area contributed by atoms with Crippen molar-refractivity contribution in [1.29, 1.82) is 5.26 Å². The number of piperidine rings is 1. The minimum absolute atomic E-state index is 0.0327. The number of nitrogens with one attached hydrogen (secondary N) is 2. The number of rotatable bonds is 16. The Bertz CT molecular complexity index is 2550. The van der Waals surface area contributed by atoms with Crippen molar-refractivity contribution in [3.63, 3.8) is 0 Å². The number of carbonyl (C=O) groups is 3. The summed E-state index contributed by atoms with van der Waals surface area (Å²) >= 11 is 2.87. The molecule has 68 heavy (non-hydrogen) atoms. The van der Waals surface area contributed by atoms with Gasteiger partial charge in [-0.25, -0.2) is 13.7 Å². The zero-order chi connectivity index (χ0) is 49.0. The Hall–Kier alpha value is -5.51. The van der Waals surface area contributed by atoms with Crippen LogP contribution in [-0.2, 0) is 37.6 Å². The summed E-state index contributed by atoms with van der Waals surface area (Å²) in [5, 5.41) is 12.8. The second-order valence-corrected chi connectivity index (χ2v) is 18.8. The largest absolute Gasteiger partial charge is 0.453 e. The Balaban J connectivity index is 0.000000238. The predicted molar refractivity (Wildman–Crippen MR) is 261 cm³/mol. The number of anilines is 3. The van der Waals surface area contributed by atoms with E-state index in [1.165, 1.54) is 59.2 Å². The molecule has 7 rings (SSSR count). The molecular formula is C45H56F2N10O8S3. The zero-order valence-corrected chi connectivity index (χ0v) is 40.8. The van der Waals surface area contributed by atoms with E-state index in [-0.39, 0.29) is 58.8 Å². The summed E-state index contributed by atoms with van der Waals surface area (Å²) in [6.07, 6.45) is 5.68. The Morgan fingerprint density at radius 3 is 2.54 bits per heavy atom. The summed E-state index contributed by atoms with van der Waals surface area (Å²) in [5.74, 6) is -0.722. The number of hydrogen-bond donors (Lipinski definition) is 3. The highest BCUT2D eigenvalue weighted by atomic mass is 32.2. The maximum absolute atomic E-state index is 14.4. The molecule has 366 valence electrons. The van der Waals surface area contributed by atoms with Gasteiger partial charge in [0, 0.05) is 109 Å². The lowest BCUT2D eigenvalue weighted by atomic mass is 9.84. The number of amides is 3. The van der Waals surface area contributed by atoms with E-state index in [1.54, 1.807) is 31.3 Å². The van der Waals surface area contributed by atoms with E-state index < -0.39 is 17.3 Å². The van der Waals surface area contributed by atoms with Crippen molar-refractivity contribution in [2.24, 2.45) is 7.05 Å². The van der Waals surface area contributed by atoms with Crippen LogP contribution in [0.2, 0.25) is 0 Å². The van der Waals surface area contributed by atoms with Crippen LogP contribution < -0.4 is 34.3 Å². The van der Waals surface area contributed by atoms with E-state index in [0.29, 0.717) is 85.4 Å². The summed E-state index contributed by atoms with van der Waals surface area (Å²) in [6, 6.07) is 14.2. The molecule has 0 bridgehead atoms. The van der Waals surface area contributed by atoms with Crippen molar-refractivity contribution >= 4 is 82.4 Å². The first-order valence-corrected chi connectivity index (χ1v) is 24.3. The fraction of sp³-hybridized carbons (Fsp3) is 0.467. The highest BCUT2D eigenvalue weighted by molar-refractivity contribution is 7.98. The summed E-state index contributed by atoms with van der Waals surface area (Å²) in [7, 11) is 4.98. The minimum Gasteiger partial charge on any atom is -0.453 e. The first kappa shape index (κ1) is 51.9. The average molecular weight is 999 g/mol. The molecule has 0 aliphatic carbocycles. The molecule has 2 N–H and O–H groups in total. The van der Waals surface area contributed by atoms with Gasteiger partial charge in [0.25, 0.3) is 5.56 Å². The van der Waals surface area contributed by atoms with Gasteiger partial charge in [-0.15, -0.1) is 0 Å². The van der Waals surface area contributed by atoms with Crippen LogP contribution in [0, 0.1) is 17.1 Å². The van der Waals surface area contributed by atoms with Crippen LogP contribution >= 0.6 is 24.8 Å². The van der Waals surface area contributed by atoms with Gasteiger partial charge >= 0.3 is 11.5 Å². The van der Waals surface area contributed by atoms with Gasteiger partial charge in [-0.1, -0.05) is 10.8 Å². The summed E-state index contributed by atoms with van der Waals surface area (Å²) in [5.41, 5.74) is 1.52. The van der Waals surface area contributed by atoms with Crippen LogP contribution in [0.4, 0.5) is 25.3 Å². The quantitative estimate of drug-likeness (QED) is 0.0589. The van der Waals surface area contributed by atoms with Crippen LogP contribution in [-0.4, -0.2) is 137 Å². The monoisotopic (exact) mass is 998 g/mol. The molecule has 3 fully saturated rings. The average Bonchev–Trinajstić information content (AvgIpc) is 3.33. The number of carbonyl (C=O) groups excluding carboxylic acids is 3. The van der Waals surface area contributed by atoms with Crippen molar-refractivity contribution in [2.75, 3.05) is 94.1 Å². The molecule has 4 aromatic rings. The van der Waals surface area contributed by atoms with Crippen LogP contribution in [0.1, 0.15) is 44.6 Å². The first-order valence-electron chi connectivity index (χ1n) is 22.1. The lowest BCUT2D eigenvalue weighted by Crippen LogP contribution is -2.54. The lowest BCUT2D eigenvalue weighted by Gasteiger charge is -2.45. The van der Waals surface area contributed by atoms with E-state index in [4.69, 9.17) is 13.7 Å². The summed E-state index contributed by atoms with van der Waals surface area (Å²) in [4.78, 5) is 60.0. The van der Waals surface area contributed by atoms with E-state index in [1.807, 2.05) is 34.1 Å². The number of ether oxygens (including phenoxy) is 2. The van der Waals surface area contributed by atoms with Crippen molar-refractivity contribution in [1.82, 2.24) is 29.0 Å². The molecule has 18 nitrogen and oxygen atoms in total. The SMILES string of the molecule is CCN(C)SNc1ccc(F)c(Oc2ccc3ncn(C)c(=O)c3c2)c1C#N.CNC(=O)CCN(C=O)c1ccc(N2CCN(CC(=O)N3CCC4(CC3)CC(S)CCO4)CC2)c(OS(=O)F)c1. The third-order valence-electron chi connectivity index (χ3n) is 12.1. The van der Waals surface area contributed by atoms with E-state index in [0.717, 1.165) is 38.8 Å². The van der Waals surface area contributed by atoms with Gasteiger partial charge in [-0.3, -0.25) is 24.1 Å². The number of aryl methyl sites for hydroxylation is 1. The van der Waals surface area contributed by atoms with Crippen LogP contribution in [0.25, 0.3) is 10.9 Å². The van der Waals surface area contributed by atoms with E-state index in [2.05, 4.69) is 32.6 Å². The van der Waals surface area contributed by atoms with E-state index in [9.17, 15) is 36.9 Å². The molecule has 2 atom stereocenters. The van der Waals surface area contributed by atoms with Gasteiger partial charge in [0.2, 0.25) is 18.2 Å². The Morgan fingerprint density at radius 2 is 1.88 bits per heavy atom. The van der Waals surface area contributed by atoms with Crippen LogP contribution in [0.5, 0.6) is 17.2 Å². The molecule has 3 amide bonds. The highest BCUT2D eigenvalue weighted by Crippen LogP contribution is 2.38. The molecular weight excluding hydrogens is 943 g/mol. The van der Waals surface area contributed by atoms with Gasteiger partial charge in [-0.05, 0) is 75.2 Å². The molecule has 4 heterocycles. The van der Waals surface area contributed by atoms with E-state index >= 15 is 0 Å². The van der Waals surface area contributed by atoms with Gasteiger partial charge in [0.1, 0.15) is 17.4 Å². The highest BCUT2D eigenvalue weighted by Gasteiger charge is 2.40. The number of thiol groups is 1. The number of likely N-dealkylation sites (tertiary alicyclic amines) is 1. The fourth-order valence-corrected chi connectivity index (χ4v) is 9.30. The van der Waals surface area contributed by atoms with Gasteiger partial charge in [0.15, 0.2) is 17.3 Å². The third-order valence-corrected chi connectivity index (χ3v) is 13.7. The second-order valence-electron chi connectivity index (χ2n) is 16.5. The molecule has 2 unspecified atom stereocenters.